The number of likely N-dealkylation sites (tertiary alicyclic amines) is 2. The number of carbonyl (C=O) groups is 1. The Balaban J connectivity index is 1.40. The number of carbonyl (C=O) groups excluding carboxylic acids is 1. The van der Waals surface area contributed by atoms with E-state index in [4.69, 9.17) is 10.2 Å². The quantitative estimate of drug-likeness (QED) is 0.923. The van der Waals surface area contributed by atoms with Gasteiger partial charge in [-0.15, -0.1) is 0 Å². The van der Waals surface area contributed by atoms with Crippen molar-refractivity contribution in [3.05, 3.63) is 30.2 Å². The number of rotatable bonds is 4. The molecule has 2 N–H and O–H groups in total. The molecule has 134 valence electrons. The van der Waals surface area contributed by atoms with Crippen LogP contribution in [0.1, 0.15) is 44.5 Å². The number of nitrogens with zero attached hydrogens (tertiary/aromatic N) is 3. The molecular formula is C19H26N4O2. The van der Waals surface area contributed by atoms with Crippen molar-refractivity contribution >= 4 is 17.0 Å². The molecule has 2 saturated heterocycles. The molecule has 0 radical (unpaired) electrons. The molecule has 0 bridgehead atoms. The largest absolute Gasteiger partial charge is 0.439 e. The van der Waals surface area contributed by atoms with Gasteiger partial charge >= 0.3 is 0 Å². The number of primary amides is 1. The van der Waals surface area contributed by atoms with Crippen LogP contribution in [0.5, 0.6) is 0 Å². The van der Waals surface area contributed by atoms with Gasteiger partial charge in [-0.05, 0) is 51.3 Å². The van der Waals surface area contributed by atoms with E-state index >= 15 is 0 Å². The minimum absolute atomic E-state index is 0.0639. The van der Waals surface area contributed by atoms with E-state index in [0.29, 0.717) is 6.04 Å². The maximum atomic E-state index is 11.6. The fourth-order valence-corrected chi connectivity index (χ4v) is 4.36. The molecule has 2 aliphatic rings. The Morgan fingerprint density at radius 3 is 2.72 bits per heavy atom. The molecule has 1 amide bonds. The van der Waals surface area contributed by atoms with Crippen molar-refractivity contribution in [2.45, 2.75) is 50.7 Å². The molecule has 2 aromatic rings. The molecule has 6 heteroatoms. The Morgan fingerprint density at radius 2 is 2.00 bits per heavy atom. The molecular weight excluding hydrogens is 316 g/mol. The zero-order valence-corrected chi connectivity index (χ0v) is 14.7. The van der Waals surface area contributed by atoms with E-state index in [9.17, 15) is 4.79 Å². The van der Waals surface area contributed by atoms with Crippen LogP contribution in [-0.2, 0) is 4.79 Å². The minimum atomic E-state index is -0.167. The Morgan fingerprint density at radius 1 is 1.24 bits per heavy atom. The fraction of sp³-hybridized carbons (Fsp3) is 0.579. The van der Waals surface area contributed by atoms with Crippen LogP contribution in [0, 0.1) is 0 Å². The topological polar surface area (TPSA) is 75.6 Å². The van der Waals surface area contributed by atoms with E-state index in [0.717, 1.165) is 62.3 Å². The molecule has 0 aliphatic carbocycles. The predicted molar refractivity (Wildman–Crippen MR) is 95.9 cm³/mol. The summed E-state index contributed by atoms with van der Waals surface area (Å²) in [4.78, 5) is 21.1. The van der Waals surface area contributed by atoms with Gasteiger partial charge in [0, 0.05) is 19.1 Å². The summed E-state index contributed by atoms with van der Waals surface area (Å²) in [7, 11) is 0. The van der Waals surface area contributed by atoms with Crippen LogP contribution in [0.3, 0.4) is 0 Å². The molecule has 1 aromatic carbocycles. The third-order valence-electron chi connectivity index (χ3n) is 5.81. The van der Waals surface area contributed by atoms with Crippen molar-refractivity contribution in [2.24, 2.45) is 5.73 Å². The van der Waals surface area contributed by atoms with Gasteiger partial charge in [-0.1, -0.05) is 12.1 Å². The molecule has 3 heterocycles. The average Bonchev–Trinajstić information content (AvgIpc) is 3.28. The highest BCUT2D eigenvalue weighted by Gasteiger charge is 2.36. The Hall–Kier alpha value is -1.92. The lowest BCUT2D eigenvalue weighted by Crippen LogP contribution is -2.50. The molecule has 0 unspecified atom stereocenters. The molecule has 25 heavy (non-hydrogen) atoms. The van der Waals surface area contributed by atoms with Gasteiger partial charge < -0.3 is 10.2 Å². The second kappa shape index (κ2) is 6.77. The summed E-state index contributed by atoms with van der Waals surface area (Å²) in [5.41, 5.74) is 7.34. The molecule has 2 aliphatic heterocycles. The number of para-hydroxylation sites is 2. The molecule has 2 atom stereocenters. The van der Waals surface area contributed by atoms with Crippen molar-refractivity contribution in [1.82, 2.24) is 14.8 Å². The van der Waals surface area contributed by atoms with E-state index in [1.165, 1.54) is 0 Å². The van der Waals surface area contributed by atoms with Crippen LogP contribution < -0.4 is 5.73 Å². The van der Waals surface area contributed by atoms with E-state index in [-0.39, 0.29) is 18.0 Å². The zero-order valence-electron chi connectivity index (χ0n) is 14.7. The highest BCUT2D eigenvalue weighted by Crippen LogP contribution is 2.30. The molecule has 4 rings (SSSR count). The van der Waals surface area contributed by atoms with Crippen LogP contribution in [0.4, 0.5) is 0 Å². The van der Waals surface area contributed by atoms with E-state index < -0.39 is 0 Å². The van der Waals surface area contributed by atoms with Crippen LogP contribution in [0.25, 0.3) is 11.1 Å². The van der Waals surface area contributed by atoms with Crippen LogP contribution >= 0.6 is 0 Å². The molecule has 1 aromatic heterocycles. The molecule has 2 fully saturated rings. The number of oxazole rings is 1. The fourth-order valence-electron chi connectivity index (χ4n) is 4.36. The lowest BCUT2D eigenvalue weighted by atomic mass is 10.0. The van der Waals surface area contributed by atoms with Crippen molar-refractivity contribution < 1.29 is 9.21 Å². The third kappa shape index (κ3) is 3.16. The number of benzene rings is 1. The Bertz CT molecular complexity index is 718. The second-order valence-corrected chi connectivity index (χ2v) is 7.26. The summed E-state index contributed by atoms with van der Waals surface area (Å²) in [5.74, 6) is 0.621. The van der Waals surface area contributed by atoms with Gasteiger partial charge in [0.2, 0.25) is 11.8 Å². The van der Waals surface area contributed by atoms with Gasteiger partial charge in [0.1, 0.15) is 5.52 Å². The molecule has 6 nitrogen and oxygen atoms in total. The van der Waals surface area contributed by atoms with Crippen LogP contribution in [-0.4, -0.2) is 52.4 Å². The number of piperidine rings is 1. The SMILES string of the molecule is C[C@H](c1nc2ccccc2o1)N1CCC(N2CCC[C@@H]2C(N)=O)CC1. The summed E-state index contributed by atoms with van der Waals surface area (Å²) in [6.07, 6.45) is 4.12. The van der Waals surface area contributed by atoms with E-state index in [1.807, 2.05) is 24.3 Å². The van der Waals surface area contributed by atoms with Gasteiger partial charge in [-0.25, -0.2) is 4.98 Å². The summed E-state index contributed by atoms with van der Waals surface area (Å²) >= 11 is 0. The van der Waals surface area contributed by atoms with Crippen molar-refractivity contribution in [3.63, 3.8) is 0 Å². The van der Waals surface area contributed by atoms with Gasteiger partial charge in [0.25, 0.3) is 0 Å². The van der Waals surface area contributed by atoms with Crippen molar-refractivity contribution in [3.8, 4) is 0 Å². The zero-order chi connectivity index (χ0) is 17.4. The number of nitrogens with two attached hydrogens (primary N) is 1. The number of hydrogen-bond donors (Lipinski definition) is 1. The summed E-state index contributed by atoms with van der Waals surface area (Å²) < 4.78 is 5.93. The Labute approximate surface area is 148 Å². The number of aromatic nitrogens is 1. The maximum absolute atomic E-state index is 11.6. The first-order chi connectivity index (χ1) is 12.1. The van der Waals surface area contributed by atoms with Gasteiger partial charge in [-0.3, -0.25) is 14.6 Å². The minimum Gasteiger partial charge on any atom is -0.439 e. The van der Waals surface area contributed by atoms with Gasteiger partial charge in [-0.2, -0.15) is 0 Å². The van der Waals surface area contributed by atoms with Crippen molar-refractivity contribution in [1.29, 1.82) is 0 Å². The first kappa shape index (κ1) is 16.5. The Kier molecular flexibility index (Phi) is 4.48. The summed E-state index contributed by atoms with van der Waals surface area (Å²) in [6.45, 7) is 5.14. The maximum Gasteiger partial charge on any atom is 0.234 e. The van der Waals surface area contributed by atoms with Crippen molar-refractivity contribution in [2.75, 3.05) is 19.6 Å². The lowest BCUT2D eigenvalue weighted by molar-refractivity contribution is -0.123. The smallest absolute Gasteiger partial charge is 0.234 e. The van der Waals surface area contributed by atoms with Gasteiger partial charge in [0.15, 0.2) is 5.58 Å². The average molecular weight is 342 g/mol. The van der Waals surface area contributed by atoms with Crippen LogP contribution in [0.2, 0.25) is 0 Å². The standard InChI is InChI=1S/C19H26N4O2/c1-13(19-21-15-5-2-3-7-17(15)25-19)22-11-8-14(9-12-22)23-10-4-6-16(23)18(20)24/h2-3,5,7,13-14,16H,4,6,8-12H2,1H3,(H2,20,24)/t13-,16-/m1/s1. The van der Waals surface area contributed by atoms with Crippen LogP contribution in [0.15, 0.2) is 28.7 Å². The molecule has 0 spiro atoms. The second-order valence-electron chi connectivity index (χ2n) is 7.26. The number of amides is 1. The number of fused-ring (bicyclic) bond motifs is 1. The number of hydrogen-bond acceptors (Lipinski definition) is 5. The first-order valence-electron chi connectivity index (χ1n) is 9.28. The summed E-state index contributed by atoms with van der Waals surface area (Å²) in [5, 5.41) is 0. The molecule has 0 saturated carbocycles. The first-order valence-corrected chi connectivity index (χ1v) is 9.28. The monoisotopic (exact) mass is 342 g/mol. The van der Waals surface area contributed by atoms with Gasteiger partial charge in [0.05, 0.1) is 12.1 Å². The van der Waals surface area contributed by atoms with E-state index in [2.05, 4.69) is 21.7 Å². The highest BCUT2D eigenvalue weighted by molar-refractivity contribution is 5.80. The normalized spacial score (nSPS) is 24.8. The highest BCUT2D eigenvalue weighted by atomic mass is 16.3. The third-order valence-corrected chi connectivity index (χ3v) is 5.81. The summed E-state index contributed by atoms with van der Waals surface area (Å²) in [6, 6.07) is 8.46. The lowest BCUT2D eigenvalue weighted by Gasteiger charge is -2.40. The van der Waals surface area contributed by atoms with E-state index in [1.54, 1.807) is 0 Å². The predicted octanol–water partition coefficient (Wildman–Crippen LogP) is 2.30.